The number of carbonyl (C=O) groups is 1. The Labute approximate surface area is 128 Å². The number of aryl methyl sites for hydroxylation is 1. The topological polar surface area (TPSA) is 67.8 Å². The van der Waals surface area contributed by atoms with Crippen LogP contribution in [-0.4, -0.2) is 25.2 Å². The summed E-state index contributed by atoms with van der Waals surface area (Å²) < 4.78 is 10.5. The van der Waals surface area contributed by atoms with E-state index in [1.165, 1.54) is 14.2 Å². The third-order valence-electron chi connectivity index (χ3n) is 3.94. The molecule has 0 bridgehead atoms. The summed E-state index contributed by atoms with van der Waals surface area (Å²) in [5.74, 6) is 0.528. The quantitative estimate of drug-likeness (QED) is 0.911. The number of nitrogens with one attached hydrogen (secondary N) is 1. The van der Waals surface area contributed by atoms with Crippen LogP contribution in [0.5, 0.6) is 11.5 Å². The second-order valence-corrected chi connectivity index (χ2v) is 5.28. The molecule has 2 aromatic carbocycles. The van der Waals surface area contributed by atoms with Gasteiger partial charge in [-0.2, -0.15) is 0 Å². The number of methoxy groups -OCH3 is 2. The zero-order valence-electron chi connectivity index (χ0n) is 12.6. The van der Waals surface area contributed by atoms with E-state index in [0.29, 0.717) is 28.3 Å². The zero-order valence-corrected chi connectivity index (χ0v) is 12.6. The summed E-state index contributed by atoms with van der Waals surface area (Å²) in [6, 6.07) is 10.5. The van der Waals surface area contributed by atoms with Crippen molar-refractivity contribution in [3.05, 3.63) is 53.1 Å². The number of benzene rings is 2. The highest BCUT2D eigenvalue weighted by atomic mass is 16.5. The lowest BCUT2D eigenvalue weighted by Crippen LogP contribution is -2.35. The van der Waals surface area contributed by atoms with Crippen LogP contribution in [0.2, 0.25) is 0 Å². The van der Waals surface area contributed by atoms with Gasteiger partial charge in [-0.3, -0.25) is 4.79 Å². The normalized spacial score (nSPS) is 19.5. The Morgan fingerprint density at radius 2 is 1.77 bits per heavy atom. The lowest BCUT2D eigenvalue weighted by atomic mass is 9.86. The molecule has 0 saturated heterocycles. The van der Waals surface area contributed by atoms with E-state index >= 15 is 0 Å². The molecule has 0 aliphatic carbocycles. The van der Waals surface area contributed by atoms with Gasteiger partial charge in [0, 0.05) is 16.8 Å². The fourth-order valence-corrected chi connectivity index (χ4v) is 2.75. The van der Waals surface area contributed by atoms with E-state index < -0.39 is 11.5 Å². The van der Waals surface area contributed by atoms with Gasteiger partial charge < -0.3 is 19.9 Å². The average Bonchev–Trinajstić information content (AvgIpc) is 2.79. The first-order valence-corrected chi connectivity index (χ1v) is 6.88. The number of anilines is 1. The van der Waals surface area contributed by atoms with E-state index in [4.69, 9.17) is 9.47 Å². The molecular weight excluding hydrogens is 282 g/mol. The Kier molecular flexibility index (Phi) is 3.30. The molecule has 1 amide bonds. The molecule has 5 heteroatoms. The molecule has 0 aromatic heterocycles. The minimum atomic E-state index is -1.74. The van der Waals surface area contributed by atoms with Crippen molar-refractivity contribution in [1.29, 1.82) is 0 Å². The van der Waals surface area contributed by atoms with Crippen molar-refractivity contribution in [3.63, 3.8) is 0 Å². The molecule has 0 saturated carbocycles. The van der Waals surface area contributed by atoms with Gasteiger partial charge >= 0.3 is 0 Å². The Morgan fingerprint density at radius 1 is 1.05 bits per heavy atom. The number of aliphatic hydroxyl groups is 1. The number of rotatable bonds is 3. The van der Waals surface area contributed by atoms with E-state index in [1.54, 1.807) is 24.3 Å². The smallest absolute Gasteiger partial charge is 0.265 e. The summed E-state index contributed by atoms with van der Waals surface area (Å²) in [5.41, 5.74) is 0.833. The number of ether oxygens (including phenoxy) is 2. The standard InChI is InChI=1S/C17H17NO4/c1-10-4-6-13-12(8-10)17(20,16(19)18-13)11-5-7-14(21-2)15(9-11)22-3/h4-9,20H,1-3H3,(H,18,19)/t17-/m1/s1. The van der Waals surface area contributed by atoms with Gasteiger partial charge in [-0.1, -0.05) is 23.8 Å². The van der Waals surface area contributed by atoms with Crippen LogP contribution in [-0.2, 0) is 10.4 Å². The summed E-state index contributed by atoms with van der Waals surface area (Å²) in [6.45, 7) is 1.91. The van der Waals surface area contributed by atoms with Gasteiger partial charge in [0.2, 0.25) is 0 Å². The predicted octanol–water partition coefficient (Wildman–Crippen LogP) is 2.20. The highest BCUT2D eigenvalue weighted by Crippen LogP contribution is 2.43. The van der Waals surface area contributed by atoms with E-state index in [0.717, 1.165) is 5.56 Å². The first-order chi connectivity index (χ1) is 10.5. The van der Waals surface area contributed by atoms with Crippen LogP contribution in [0, 0.1) is 6.92 Å². The maximum atomic E-state index is 12.4. The molecule has 114 valence electrons. The third-order valence-corrected chi connectivity index (χ3v) is 3.94. The average molecular weight is 299 g/mol. The van der Waals surface area contributed by atoms with Crippen LogP contribution in [0.4, 0.5) is 5.69 Å². The SMILES string of the molecule is COc1ccc([C@]2(O)C(=O)Nc3ccc(C)cc32)cc1OC. The molecule has 2 aromatic rings. The zero-order chi connectivity index (χ0) is 15.9. The highest BCUT2D eigenvalue weighted by molar-refractivity contribution is 6.07. The third kappa shape index (κ3) is 1.94. The minimum Gasteiger partial charge on any atom is -0.493 e. The Balaban J connectivity index is 2.19. The first kappa shape index (κ1) is 14.4. The molecule has 1 heterocycles. The van der Waals surface area contributed by atoms with E-state index in [9.17, 15) is 9.90 Å². The van der Waals surface area contributed by atoms with Gasteiger partial charge in [-0.15, -0.1) is 0 Å². The summed E-state index contributed by atoms with van der Waals surface area (Å²) in [5, 5.41) is 13.8. The van der Waals surface area contributed by atoms with Gasteiger partial charge in [0.05, 0.1) is 14.2 Å². The van der Waals surface area contributed by atoms with Crippen molar-refractivity contribution in [3.8, 4) is 11.5 Å². The van der Waals surface area contributed by atoms with Gasteiger partial charge in [0.15, 0.2) is 17.1 Å². The Bertz CT molecular complexity index is 756. The van der Waals surface area contributed by atoms with Gasteiger partial charge in [-0.05, 0) is 25.1 Å². The largest absolute Gasteiger partial charge is 0.493 e. The van der Waals surface area contributed by atoms with Crippen LogP contribution in [0.1, 0.15) is 16.7 Å². The fraction of sp³-hybridized carbons (Fsp3) is 0.235. The van der Waals surface area contributed by atoms with Gasteiger partial charge in [0.1, 0.15) is 0 Å². The number of hydrogen-bond acceptors (Lipinski definition) is 4. The summed E-state index contributed by atoms with van der Waals surface area (Å²) in [4.78, 5) is 12.4. The van der Waals surface area contributed by atoms with E-state index in [1.807, 2.05) is 19.1 Å². The second kappa shape index (κ2) is 5.03. The first-order valence-electron chi connectivity index (χ1n) is 6.88. The summed E-state index contributed by atoms with van der Waals surface area (Å²) >= 11 is 0. The van der Waals surface area contributed by atoms with Crippen molar-refractivity contribution < 1.29 is 19.4 Å². The molecule has 2 N–H and O–H groups in total. The molecule has 0 unspecified atom stereocenters. The van der Waals surface area contributed by atoms with Crippen LogP contribution in [0.3, 0.4) is 0 Å². The molecule has 3 rings (SSSR count). The number of hydrogen-bond donors (Lipinski definition) is 2. The lowest BCUT2D eigenvalue weighted by Gasteiger charge is -2.22. The molecule has 0 fully saturated rings. The van der Waals surface area contributed by atoms with Crippen molar-refractivity contribution in [1.82, 2.24) is 0 Å². The molecule has 0 spiro atoms. The number of amides is 1. The van der Waals surface area contributed by atoms with Crippen LogP contribution in [0.15, 0.2) is 36.4 Å². The molecule has 22 heavy (non-hydrogen) atoms. The maximum Gasteiger partial charge on any atom is 0.265 e. The minimum absolute atomic E-state index is 0.437. The monoisotopic (exact) mass is 299 g/mol. The van der Waals surface area contributed by atoms with E-state index in [2.05, 4.69) is 5.32 Å². The molecule has 1 atom stereocenters. The molecule has 5 nitrogen and oxygen atoms in total. The number of fused-ring (bicyclic) bond motifs is 1. The van der Waals surface area contributed by atoms with E-state index in [-0.39, 0.29) is 0 Å². The van der Waals surface area contributed by atoms with Crippen molar-refractivity contribution >= 4 is 11.6 Å². The molecule has 0 radical (unpaired) electrons. The maximum absolute atomic E-state index is 12.4. The summed E-state index contributed by atoms with van der Waals surface area (Å²) in [6.07, 6.45) is 0. The number of carbonyl (C=O) groups excluding carboxylic acids is 1. The van der Waals surface area contributed by atoms with Crippen molar-refractivity contribution in [2.45, 2.75) is 12.5 Å². The molecule has 1 aliphatic rings. The van der Waals surface area contributed by atoms with Crippen LogP contribution in [0.25, 0.3) is 0 Å². The lowest BCUT2D eigenvalue weighted by molar-refractivity contribution is -0.129. The Hall–Kier alpha value is -2.53. The predicted molar refractivity (Wildman–Crippen MR) is 82.4 cm³/mol. The highest BCUT2D eigenvalue weighted by Gasteiger charge is 2.47. The van der Waals surface area contributed by atoms with Crippen LogP contribution >= 0.6 is 0 Å². The fourth-order valence-electron chi connectivity index (χ4n) is 2.75. The Morgan fingerprint density at radius 3 is 2.45 bits per heavy atom. The van der Waals surface area contributed by atoms with Crippen molar-refractivity contribution in [2.75, 3.05) is 19.5 Å². The molecular formula is C17H17NO4. The summed E-state index contributed by atoms with van der Waals surface area (Å²) in [7, 11) is 3.05. The second-order valence-electron chi connectivity index (χ2n) is 5.28. The molecule has 1 aliphatic heterocycles. The van der Waals surface area contributed by atoms with Crippen molar-refractivity contribution in [2.24, 2.45) is 0 Å². The van der Waals surface area contributed by atoms with Gasteiger partial charge in [-0.25, -0.2) is 0 Å². The van der Waals surface area contributed by atoms with Gasteiger partial charge in [0.25, 0.3) is 5.91 Å². The van der Waals surface area contributed by atoms with Crippen LogP contribution < -0.4 is 14.8 Å².